The number of rotatable bonds is 5. The van der Waals surface area contributed by atoms with Gasteiger partial charge in [-0.3, -0.25) is 14.5 Å². The van der Waals surface area contributed by atoms with Gasteiger partial charge in [-0.05, 0) is 31.9 Å². The summed E-state index contributed by atoms with van der Waals surface area (Å²) in [5.41, 5.74) is -0.405. The van der Waals surface area contributed by atoms with Crippen LogP contribution in [0.1, 0.15) is 30.1 Å². The Kier molecular flexibility index (Phi) is 6.22. The molecule has 1 aromatic rings. The molecule has 0 spiro atoms. The second-order valence-corrected chi connectivity index (χ2v) is 6.31. The van der Waals surface area contributed by atoms with Crippen LogP contribution in [0.25, 0.3) is 0 Å². The lowest BCUT2D eigenvalue weighted by atomic mass is 10.00. The van der Waals surface area contributed by atoms with Crippen molar-refractivity contribution in [2.24, 2.45) is 0 Å². The highest BCUT2D eigenvalue weighted by molar-refractivity contribution is 5.94. The van der Waals surface area contributed by atoms with Crippen LogP contribution in [0.3, 0.4) is 0 Å². The highest BCUT2D eigenvalue weighted by atomic mass is 19.4. The average molecular weight is 376 g/mol. The lowest BCUT2D eigenvalue weighted by Gasteiger charge is -2.40. The molecule has 0 aromatic heterocycles. The quantitative estimate of drug-likeness (QED) is 0.803. The summed E-state index contributed by atoms with van der Waals surface area (Å²) in [5, 5.41) is 9.03. The van der Waals surface area contributed by atoms with Gasteiger partial charge in [0, 0.05) is 19.1 Å². The first-order valence-electron chi connectivity index (χ1n) is 8.19. The van der Waals surface area contributed by atoms with E-state index in [1.807, 2.05) is 0 Å². The zero-order valence-electron chi connectivity index (χ0n) is 14.2. The third-order valence-electron chi connectivity index (χ3n) is 4.56. The number of nitrogens with zero attached hydrogens (tertiary/aromatic N) is 2. The standard InChI is InChI=1S/C17H20F4N2O3/c1-11(16(25)26)22-8-6-12(7-9-22)23(10-17(19,20)21)15(24)13-4-2-3-5-14(13)18/h2-5,11-12H,6-10H2,1H3,(H,25,26). The van der Waals surface area contributed by atoms with Crippen LogP contribution >= 0.6 is 0 Å². The Balaban J connectivity index is 2.17. The van der Waals surface area contributed by atoms with Crippen molar-refractivity contribution in [3.05, 3.63) is 35.6 Å². The van der Waals surface area contributed by atoms with Crippen molar-refractivity contribution in [2.45, 2.75) is 38.0 Å². The second-order valence-electron chi connectivity index (χ2n) is 6.31. The summed E-state index contributed by atoms with van der Waals surface area (Å²) in [4.78, 5) is 25.9. The van der Waals surface area contributed by atoms with E-state index in [1.54, 1.807) is 4.90 Å². The SMILES string of the molecule is CC(C(=O)O)N1CCC(N(CC(F)(F)F)C(=O)c2ccccc2F)CC1. The summed E-state index contributed by atoms with van der Waals surface area (Å²) in [6.45, 7) is 0.522. The largest absolute Gasteiger partial charge is 0.480 e. The highest BCUT2D eigenvalue weighted by Crippen LogP contribution is 2.26. The maximum absolute atomic E-state index is 13.9. The molecule has 1 aliphatic heterocycles. The average Bonchev–Trinajstić information content (AvgIpc) is 2.58. The molecule has 1 saturated heterocycles. The molecule has 9 heteroatoms. The van der Waals surface area contributed by atoms with Gasteiger partial charge in [-0.25, -0.2) is 4.39 Å². The summed E-state index contributed by atoms with van der Waals surface area (Å²) in [6.07, 6.45) is -4.24. The molecule has 144 valence electrons. The number of benzene rings is 1. The number of halogens is 4. The molecule has 5 nitrogen and oxygen atoms in total. The van der Waals surface area contributed by atoms with Crippen molar-refractivity contribution < 1.29 is 32.3 Å². The minimum Gasteiger partial charge on any atom is -0.480 e. The fourth-order valence-corrected chi connectivity index (χ4v) is 3.09. The maximum Gasteiger partial charge on any atom is 0.406 e. The van der Waals surface area contributed by atoms with E-state index in [0.29, 0.717) is 4.90 Å². The molecule has 1 unspecified atom stereocenters. The molecule has 0 bridgehead atoms. The van der Waals surface area contributed by atoms with Gasteiger partial charge in [-0.15, -0.1) is 0 Å². The molecule has 0 saturated carbocycles. The smallest absolute Gasteiger partial charge is 0.406 e. The van der Waals surface area contributed by atoms with Crippen LogP contribution in [0.4, 0.5) is 17.6 Å². The summed E-state index contributed by atoms with van der Waals surface area (Å²) in [6, 6.07) is 3.43. The molecule has 1 heterocycles. The number of aliphatic carboxylic acids is 1. The molecule has 1 aliphatic rings. The third kappa shape index (κ3) is 4.94. The minimum atomic E-state index is -4.62. The van der Waals surface area contributed by atoms with Crippen LogP contribution in [-0.4, -0.2) is 64.7 Å². The second kappa shape index (κ2) is 8.03. The zero-order chi connectivity index (χ0) is 19.5. The number of carboxylic acid groups (broad SMARTS) is 1. The van der Waals surface area contributed by atoms with Gasteiger partial charge in [-0.1, -0.05) is 12.1 Å². The van der Waals surface area contributed by atoms with E-state index in [-0.39, 0.29) is 25.9 Å². The molecule has 1 aromatic carbocycles. The Bertz CT molecular complexity index is 658. The van der Waals surface area contributed by atoms with Gasteiger partial charge in [0.15, 0.2) is 0 Å². The predicted molar refractivity (Wildman–Crippen MR) is 85.2 cm³/mol. The monoisotopic (exact) mass is 376 g/mol. The fraction of sp³-hybridized carbons (Fsp3) is 0.529. The van der Waals surface area contributed by atoms with E-state index < -0.39 is 48.1 Å². The number of likely N-dealkylation sites (tertiary alicyclic amines) is 1. The Labute approximate surface area is 148 Å². The fourth-order valence-electron chi connectivity index (χ4n) is 3.09. The summed E-state index contributed by atoms with van der Waals surface area (Å²) in [7, 11) is 0. The van der Waals surface area contributed by atoms with Crippen molar-refractivity contribution in [1.82, 2.24) is 9.80 Å². The minimum absolute atomic E-state index is 0.188. The number of carbonyl (C=O) groups is 2. The molecule has 0 radical (unpaired) electrons. The van der Waals surface area contributed by atoms with Gasteiger partial charge in [0.25, 0.3) is 5.91 Å². The normalized spacial score (nSPS) is 17.7. The van der Waals surface area contributed by atoms with Gasteiger partial charge in [0.2, 0.25) is 0 Å². The van der Waals surface area contributed by atoms with Gasteiger partial charge < -0.3 is 10.0 Å². The molecule has 1 atom stereocenters. The summed E-state index contributed by atoms with van der Waals surface area (Å²) >= 11 is 0. The van der Waals surface area contributed by atoms with E-state index in [1.165, 1.54) is 19.1 Å². The van der Waals surface area contributed by atoms with E-state index >= 15 is 0 Å². The van der Waals surface area contributed by atoms with Crippen LogP contribution in [-0.2, 0) is 4.79 Å². The van der Waals surface area contributed by atoms with Crippen LogP contribution < -0.4 is 0 Å². The van der Waals surface area contributed by atoms with Gasteiger partial charge in [0.1, 0.15) is 18.4 Å². The first kappa shape index (κ1) is 20.2. The van der Waals surface area contributed by atoms with Crippen molar-refractivity contribution in [3.8, 4) is 0 Å². The van der Waals surface area contributed by atoms with Crippen molar-refractivity contribution in [1.29, 1.82) is 0 Å². The van der Waals surface area contributed by atoms with Crippen LogP contribution in [0.5, 0.6) is 0 Å². The Morgan fingerprint density at radius 3 is 2.35 bits per heavy atom. The third-order valence-corrected chi connectivity index (χ3v) is 4.56. The van der Waals surface area contributed by atoms with Gasteiger partial charge in [0.05, 0.1) is 5.56 Å². The molecule has 26 heavy (non-hydrogen) atoms. The molecule has 1 amide bonds. The predicted octanol–water partition coefficient (Wildman–Crippen LogP) is 2.77. The molecule has 1 N–H and O–H groups in total. The lowest BCUT2D eigenvalue weighted by molar-refractivity contribution is -0.147. The number of alkyl halides is 3. The van der Waals surface area contributed by atoms with Crippen LogP contribution in [0, 0.1) is 5.82 Å². The molecule has 2 rings (SSSR count). The Morgan fingerprint density at radius 2 is 1.85 bits per heavy atom. The number of carboxylic acids is 1. The molecular weight excluding hydrogens is 356 g/mol. The zero-order valence-corrected chi connectivity index (χ0v) is 14.2. The highest BCUT2D eigenvalue weighted by Gasteiger charge is 2.39. The van der Waals surface area contributed by atoms with Crippen molar-refractivity contribution in [3.63, 3.8) is 0 Å². The number of hydrogen-bond acceptors (Lipinski definition) is 3. The Morgan fingerprint density at radius 1 is 1.27 bits per heavy atom. The molecule has 1 fully saturated rings. The molecule has 0 aliphatic carbocycles. The lowest BCUT2D eigenvalue weighted by Crippen LogP contribution is -2.53. The number of piperidine rings is 1. The molecular formula is C17H20F4N2O3. The topological polar surface area (TPSA) is 60.9 Å². The van der Waals surface area contributed by atoms with Crippen LogP contribution in [0.2, 0.25) is 0 Å². The Hall–Kier alpha value is -2.16. The van der Waals surface area contributed by atoms with E-state index in [4.69, 9.17) is 5.11 Å². The summed E-state index contributed by atoms with van der Waals surface area (Å²) in [5.74, 6) is -2.90. The number of hydrogen-bond donors (Lipinski definition) is 1. The van der Waals surface area contributed by atoms with E-state index in [9.17, 15) is 27.2 Å². The summed E-state index contributed by atoms with van der Waals surface area (Å²) < 4.78 is 52.8. The van der Waals surface area contributed by atoms with E-state index in [0.717, 1.165) is 12.1 Å². The first-order chi connectivity index (χ1) is 12.1. The van der Waals surface area contributed by atoms with Crippen molar-refractivity contribution in [2.75, 3.05) is 19.6 Å². The maximum atomic E-state index is 13.9. The van der Waals surface area contributed by atoms with Crippen LogP contribution in [0.15, 0.2) is 24.3 Å². The van der Waals surface area contributed by atoms with E-state index in [2.05, 4.69) is 0 Å². The number of carbonyl (C=O) groups excluding carboxylic acids is 1. The van der Waals surface area contributed by atoms with Gasteiger partial charge >= 0.3 is 12.1 Å². The first-order valence-corrected chi connectivity index (χ1v) is 8.19. The van der Waals surface area contributed by atoms with Gasteiger partial charge in [-0.2, -0.15) is 13.2 Å². The van der Waals surface area contributed by atoms with Crippen molar-refractivity contribution >= 4 is 11.9 Å². The number of amides is 1.